The van der Waals surface area contributed by atoms with Gasteiger partial charge in [-0.3, -0.25) is 9.48 Å². The Bertz CT molecular complexity index is 1480. The van der Waals surface area contributed by atoms with Crippen molar-refractivity contribution >= 4 is 33.2 Å². The fraction of sp³-hybridized carbons (Fsp3) is 0.333. The Morgan fingerprint density at radius 1 is 0.974 bits per heavy atom. The van der Waals surface area contributed by atoms with E-state index >= 15 is 0 Å². The van der Waals surface area contributed by atoms with E-state index < -0.39 is 63.0 Å². The number of carbonyl (C=O) groups excluding carboxylic acids is 1. The molecule has 1 aliphatic rings. The molecule has 3 aromatic rings. The second kappa shape index (κ2) is 10.6. The molecule has 4 rings (SSSR count). The molecule has 1 amide bonds. The van der Waals surface area contributed by atoms with Crippen LogP contribution < -0.4 is 5.32 Å². The highest BCUT2D eigenvalue weighted by atomic mass is 35.5. The Labute approximate surface area is 220 Å². The van der Waals surface area contributed by atoms with E-state index in [0.717, 1.165) is 4.68 Å². The molecule has 1 N–H and O–H groups in total. The van der Waals surface area contributed by atoms with Crippen molar-refractivity contribution in [3.05, 3.63) is 75.3 Å². The molecule has 0 saturated carbocycles. The van der Waals surface area contributed by atoms with Gasteiger partial charge >= 0.3 is 0 Å². The van der Waals surface area contributed by atoms with Crippen molar-refractivity contribution < 1.29 is 35.2 Å². The number of aromatic nitrogens is 2. The third kappa shape index (κ3) is 5.14. The molecule has 0 atom stereocenters. The third-order valence-corrected chi connectivity index (χ3v) is 8.68. The van der Waals surface area contributed by atoms with Crippen molar-refractivity contribution in [2.45, 2.75) is 38.1 Å². The quantitative estimate of drug-likeness (QED) is 0.256. The normalized spacial score (nSPS) is 15.2. The average Bonchev–Trinajstić information content (AvgIpc) is 3.16. The first-order chi connectivity index (χ1) is 17.8. The number of hydrogen-bond donors (Lipinski definition) is 1. The van der Waals surface area contributed by atoms with Crippen LogP contribution in [0.3, 0.4) is 0 Å². The first-order valence-electron chi connectivity index (χ1n) is 11.4. The Kier molecular flexibility index (Phi) is 7.82. The summed E-state index contributed by atoms with van der Waals surface area (Å²) in [6.45, 7) is 2.46. The molecule has 1 aromatic heterocycles. The predicted molar refractivity (Wildman–Crippen MR) is 129 cm³/mol. The smallest absolute Gasteiger partial charge is 0.243 e. The number of nitrogens with one attached hydrogen (secondary N) is 1. The molecule has 0 spiro atoms. The van der Waals surface area contributed by atoms with E-state index in [-0.39, 0.29) is 47.9 Å². The monoisotopic (exact) mass is 576 g/mol. The molecule has 0 radical (unpaired) electrons. The number of amides is 1. The van der Waals surface area contributed by atoms with Crippen molar-refractivity contribution in [3.63, 3.8) is 0 Å². The molecule has 0 aliphatic carbocycles. The van der Waals surface area contributed by atoms with Crippen LogP contribution in [0.15, 0.2) is 29.2 Å². The highest BCUT2D eigenvalue weighted by Crippen LogP contribution is 2.29. The van der Waals surface area contributed by atoms with Crippen LogP contribution in [0.4, 0.5) is 27.6 Å². The summed E-state index contributed by atoms with van der Waals surface area (Å²) in [7, 11) is -3.75. The molecule has 14 heteroatoms. The highest BCUT2D eigenvalue weighted by molar-refractivity contribution is 7.89. The Morgan fingerprint density at radius 3 is 2.05 bits per heavy atom. The minimum atomic E-state index is -3.75. The van der Waals surface area contributed by atoms with Crippen molar-refractivity contribution in [2.24, 2.45) is 5.92 Å². The fourth-order valence-corrected chi connectivity index (χ4v) is 5.91. The summed E-state index contributed by atoms with van der Waals surface area (Å²) >= 11 is 5.83. The number of hydrogen-bond acceptors (Lipinski definition) is 4. The largest absolute Gasteiger partial charge is 0.323 e. The Balaban J connectivity index is 1.45. The maximum atomic E-state index is 14.1. The van der Waals surface area contributed by atoms with Crippen molar-refractivity contribution in [1.82, 2.24) is 14.1 Å². The van der Waals surface area contributed by atoms with Crippen LogP contribution in [0, 0.1) is 48.9 Å². The van der Waals surface area contributed by atoms with Gasteiger partial charge < -0.3 is 5.32 Å². The number of anilines is 1. The molecule has 2 heterocycles. The molecule has 1 saturated heterocycles. The van der Waals surface area contributed by atoms with Crippen LogP contribution >= 0.6 is 11.6 Å². The number of halogens is 6. The van der Waals surface area contributed by atoms with Gasteiger partial charge in [-0.05, 0) is 51.0 Å². The van der Waals surface area contributed by atoms with Crippen molar-refractivity contribution in [2.75, 3.05) is 18.4 Å². The molecule has 7 nitrogen and oxygen atoms in total. The first kappa shape index (κ1) is 28.0. The molecule has 0 unspecified atom stereocenters. The summed E-state index contributed by atoms with van der Waals surface area (Å²) in [5.41, 5.74) is -0.320. The van der Waals surface area contributed by atoms with Crippen LogP contribution in [0.1, 0.15) is 29.8 Å². The van der Waals surface area contributed by atoms with E-state index in [1.165, 1.54) is 42.4 Å². The lowest BCUT2D eigenvalue weighted by atomic mass is 9.97. The van der Waals surface area contributed by atoms with Gasteiger partial charge in [-0.15, -0.1) is 0 Å². The van der Waals surface area contributed by atoms with Crippen LogP contribution in [0.2, 0.25) is 5.02 Å². The lowest BCUT2D eigenvalue weighted by Crippen LogP contribution is -2.41. The summed E-state index contributed by atoms with van der Waals surface area (Å²) in [4.78, 5) is 13.0. The van der Waals surface area contributed by atoms with Crippen molar-refractivity contribution in [3.8, 4) is 0 Å². The number of nitrogens with zero attached hydrogens (tertiary/aromatic N) is 3. The second-order valence-electron chi connectivity index (χ2n) is 8.87. The minimum Gasteiger partial charge on any atom is -0.323 e. The van der Waals surface area contributed by atoms with E-state index in [4.69, 9.17) is 11.6 Å². The van der Waals surface area contributed by atoms with Gasteiger partial charge in [0.1, 0.15) is 0 Å². The molecular weight excluding hydrogens is 555 g/mol. The number of carbonyl (C=O) groups is 1. The number of benzene rings is 2. The molecule has 1 aliphatic heterocycles. The van der Waals surface area contributed by atoms with Crippen LogP contribution in [-0.4, -0.2) is 41.5 Å². The lowest BCUT2D eigenvalue weighted by molar-refractivity contribution is -0.120. The van der Waals surface area contributed by atoms with E-state index in [0.29, 0.717) is 5.02 Å². The van der Waals surface area contributed by atoms with Crippen LogP contribution in [-0.2, 0) is 21.4 Å². The fourth-order valence-electron chi connectivity index (χ4n) is 4.31. The highest BCUT2D eigenvalue weighted by Gasteiger charge is 2.33. The first-order valence-corrected chi connectivity index (χ1v) is 13.3. The van der Waals surface area contributed by atoms with Gasteiger partial charge in [0.05, 0.1) is 34.1 Å². The zero-order chi connectivity index (χ0) is 27.9. The summed E-state index contributed by atoms with van der Waals surface area (Å²) in [5.74, 6) is -11.2. The van der Waals surface area contributed by atoms with E-state index in [1.54, 1.807) is 0 Å². The van der Waals surface area contributed by atoms with Crippen molar-refractivity contribution in [1.29, 1.82) is 0 Å². The zero-order valence-corrected chi connectivity index (χ0v) is 21.7. The summed E-state index contributed by atoms with van der Waals surface area (Å²) in [6.07, 6.45) is 0.491. The SMILES string of the molecule is Cc1nn(Cc2c(F)c(F)c(F)c(F)c2F)c(C)c1NC(=O)C1CCN(S(=O)(=O)c2ccc(Cl)cc2)CC1. The summed E-state index contributed by atoms with van der Waals surface area (Å²) in [6, 6.07) is 5.77. The molecule has 0 bridgehead atoms. The van der Waals surface area contributed by atoms with Gasteiger partial charge in [-0.25, -0.2) is 30.4 Å². The average molecular weight is 577 g/mol. The maximum absolute atomic E-state index is 14.1. The third-order valence-electron chi connectivity index (χ3n) is 6.51. The van der Waals surface area contributed by atoms with E-state index in [1.807, 2.05) is 0 Å². The van der Waals surface area contributed by atoms with Gasteiger partial charge in [0.2, 0.25) is 21.7 Å². The number of piperidine rings is 1. The molecule has 38 heavy (non-hydrogen) atoms. The Hall–Kier alpha value is -3.03. The van der Waals surface area contributed by atoms with E-state index in [9.17, 15) is 35.2 Å². The van der Waals surface area contributed by atoms with Gasteiger partial charge in [0.15, 0.2) is 23.3 Å². The molecular formula is C24H22ClF5N4O3S. The van der Waals surface area contributed by atoms with Crippen LogP contribution in [0.5, 0.6) is 0 Å². The topological polar surface area (TPSA) is 84.3 Å². The number of sulfonamides is 1. The maximum Gasteiger partial charge on any atom is 0.243 e. The number of aryl methyl sites for hydroxylation is 1. The Morgan fingerprint density at radius 2 is 1.50 bits per heavy atom. The second-order valence-corrected chi connectivity index (χ2v) is 11.2. The minimum absolute atomic E-state index is 0.0947. The van der Waals surface area contributed by atoms with Gasteiger partial charge in [0.25, 0.3) is 0 Å². The molecule has 204 valence electrons. The standard InChI is InChI=1S/C24H22ClF5N4O3S/c1-12-23(13(2)34(32-12)11-17-18(26)20(28)22(30)21(29)19(17)27)31-24(35)14-7-9-33(10-8-14)38(36,37)16-5-3-15(25)4-6-16/h3-6,14H,7-11H2,1-2H3,(H,31,35). The predicted octanol–water partition coefficient (Wildman–Crippen LogP) is 4.94. The van der Waals surface area contributed by atoms with Crippen LogP contribution in [0.25, 0.3) is 0 Å². The molecule has 2 aromatic carbocycles. The van der Waals surface area contributed by atoms with Gasteiger partial charge in [-0.1, -0.05) is 11.6 Å². The van der Waals surface area contributed by atoms with Gasteiger partial charge in [-0.2, -0.15) is 9.40 Å². The molecule has 1 fully saturated rings. The van der Waals surface area contributed by atoms with E-state index in [2.05, 4.69) is 10.4 Å². The zero-order valence-electron chi connectivity index (χ0n) is 20.2. The number of rotatable bonds is 6. The van der Waals surface area contributed by atoms with Gasteiger partial charge in [0, 0.05) is 24.0 Å². The summed E-state index contributed by atoms with van der Waals surface area (Å²) in [5, 5.41) is 7.19. The summed E-state index contributed by atoms with van der Waals surface area (Å²) < 4.78 is 96.9. The lowest BCUT2D eigenvalue weighted by Gasteiger charge is -2.30.